The van der Waals surface area contributed by atoms with Gasteiger partial charge in [-0.1, -0.05) is 40.5 Å². The van der Waals surface area contributed by atoms with E-state index >= 15 is 0 Å². The lowest BCUT2D eigenvalue weighted by atomic mass is 9.44. The van der Waals surface area contributed by atoms with Crippen LogP contribution in [0, 0.1) is 5.82 Å². The highest BCUT2D eigenvalue weighted by atomic mass is 35.5. The van der Waals surface area contributed by atoms with E-state index in [2.05, 4.69) is 15.8 Å². The number of hydrogen-bond acceptors (Lipinski definition) is 5. The molecule has 3 aromatic rings. The Hall–Kier alpha value is -3.10. The fourth-order valence-electron chi connectivity index (χ4n) is 4.54. The quantitative estimate of drug-likeness (QED) is 0.513. The van der Waals surface area contributed by atoms with Gasteiger partial charge in [0.15, 0.2) is 6.61 Å². The van der Waals surface area contributed by atoms with Crippen LogP contribution in [-0.2, 0) is 4.79 Å². The Morgan fingerprint density at radius 3 is 2.42 bits per heavy atom. The minimum absolute atomic E-state index is 0.0143. The number of benzene rings is 2. The average molecular weight is 490 g/mol. The predicted octanol–water partition coefficient (Wildman–Crippen LogP) is 4.39. The Kier molecular flexibility index (Phi) is 5.29. The van der Waals surface area contributed by atoms with Gasteiger partial charge in [0.2, 0.25) is 5.76 Å². The molecule has 10 heteroatoms. The third-order valence-corrected chi connectivity index (χ3v) is 6.51. The Morgan fingerprint density at radius 2 is 1.73 bits per heavy atom. The Balaban J connectivity index is 1.10. The van der Waals surface area contributed by atoms with Gasteiger partial charge in [0.05, 0.1) is 5.02 Å². The van der Waals surface area contributed by atoms with E-state index in [-0.39, 0.29) is 46.0 Å². The molecule has 2 N–H and O–H groups in total. The normalized spacial score (nSPS) is 22.6. The van der Waals surface area contributed by atoms with Gasteiger partial charge in [-0.15, -0.1) is 0 Å². The van der Waals surface area contributed by atoms with Gasteiger partial charge >= 0.3 is 0 Å². The van der Waals surface area contributed by atoms with E-state index in [1.807, 2.05) is 0 Å². The molecule has 7 nitrogen and oxygen atoms in total. The number of carbonyl (C=O) groups is 2. The Labute approximate surface area is 198 Å². The van der Waals surface area contributed by atoms with Crippen LogP contribution in [0.1, 0.15) is 29.8 Å². The number of rotatable bonds is 7. The fraction of sp³-hybridized carbons (Fsp3) is 0.261. The smallest absolute Gasteiger partial charge is 0.290 e. The number of carbonyl (C=O) groups excluding carboxylic acids is 2. The molecule has 0 radical (unpaired) electrons. The largest absolute Gasteiger partial charge is 0.484 e. The Morgan fingerprint density at radius 1 is 1.03 bits per heavy atom. The molecule has 1 aromatic heterocycles. The summed E-state index contributed by atoms with van der Waals surface area (Å²) < 4.78 is 24.0. The Bertz CT molecular complexity index is 1220. The van der Waals surface area contributed by atoms with Gasteiger partial charge in [-0.05, 0) is 43.5 Å². The predicted molar refractivity (Wildman–Crippen MR) is 119 cm³/mol. The summed E-state index contributed by atoms with van der Waals surface area (Å²) >= 11 is 11.5. The first kappa shape index (κ1) is 21.7. The maximum atomic E-state index is 13.5. The lowest BCUT2D eigenvalue weighted by Crippen LogP contribution is -2.84. The van der Waals surface area contributed by atoms with E-state index < -0.39 is 5.82 Å². The van der Waals surface area contributed by atoms with Crippen molar-refractivity contribution in [3.05, 3.63) is 70.2 Å². The van der Waals surface area contributed by atoms with E-state index in [0.717, 1.165) is 11.6 Å². The molecule has 3 aliphatic carbocycles. The third kappa shape index (κ3) is 4.28. The SMILES string of the molecule is O=C(COc1ccc(Cl)c(F)c1)NC12CC(NC(=O)c3cc(-c4ccc(Cl)cc4)no3)(C1)C2. The number of nitrogens with zero attached hydrogens (tertiary/aromatic N) is 1. The second kappa shape index (κ2) is 8.04. The molecule has 2 bridgehead atoms. The van der Waals surface area contributed by atoms with Crippen molar-refractivity contribution in [2.45, 2.75) is 30.3 Å². The minimum atomic E-state index is -0.612. The molecule has 0 spiro atoms. The van der Waals surface area contributed by atoms with Crippen molar-refractivity contribution in [2.75, 3.05) is 6.61 Å². The summed E-state index contributed by atoms with van der Waals surface area (Å²) in [5, 5.41) is 10.5. The molecule has 1 heterocycles. The van der Waals surface area contributed by atoms with Gasteiger partial charge in [-0.2, -0.15) is 0 Å². The standard InChI is InChI=1S/C23H18Cl2FN3O4/c24-14-3-1-13(2-4-14)18-8-19(33-29-18)21(31)28-23-10-22(11-23,12-23)27-20(30)9-32-15-5-6-16(25)17(26)7-15/h1-8H,9-12H2,(H,27,30)(H,28,31). The van der Waals surface area contributed by atoms with Crippen molar-refractivity contribution in [1.29, 1.82) is 0 Å². The van der Waals surface area contributed by atoms with Crippen LogP contribution in [0.2, 0.25) is 10.0 Å². The second-order valence-corrected chi connectivity index (χ2v) is 9.38. The van der Waals surface area contributed by atoms with Crippen LogP contribution in [0.15, 0.2) is 53.1 Å². The summed E-state index contributed by atoms with van der Waals surface area (Å²) in [5.74, 6) is -0.938. The summed E-state index contributed by atoms with van der Waals surface area (Å²) in [4.78, 5) is 24.8. The van der Waals surface area contributed by atoms with Gasteiger partial charge < -0.3 is 19.9 Å². The van der Waals surface area contributed by atoms with Crippen LogP contribution in [0.3, 0.4) is 0 Å². The van der Waals surface area contributed by atoms with Gasteiger partial charge in [-0.3, -0.25) is 9.59 Å². The van der Waals surface area contributed by atoms with Gasteiger partial charge in [-0.25, -0.2) is 4.39 Å². The molecule has 33 heavy (non-hydrogen) atoms. The van der Waals surface area contributed by atoms with Crippen molar-refractivity contribution in [3.63, 3.8) is 0 Å². The van der Waals surface area contributed by atoms with Crippen LogP contribution in [0.5, 0.6) is 5.75 Å². The number of ether oxygens (including phenoxy) is 1. The average Bonchev–Trinajstić information content (AvgIpc) is 3.23. The van der Waals surface area contributed by atoms with Crippen molar-refractivity contribution in [3.8, 4) is 17.0 Å². The van der Waals surface area contributed by atoms with Gasteiger partial charge in [0.1, 0.15) is 17.3 Å². The van der Waals surface area contributed by atoms with Crippen LogP contribution < -0.4 is 15.4 Å². The molecule has 0 saturated heterocycles. The number of hydrogen-bond donors (Lipinski definition) is 2. The zero-order valence-corrected chi connectivity index (χ0v) is 18.7. The lowest BCUT2D eigenvalue weighted by molar-refractivity contribution is -0.141. The summed E-state index contributed by atoms with van der Waals surface area (Å²) in [6.45, 7) is -0.242. The molecular weight excluding hydrogens is 472 g/mol. The molecule has 3 saturated carbocycles. The first-order valence-corrected chi connectivity index (χ1v) is 10.9. The molecule has 2 amide bonds. The van der Waals surface area contributed by atoms with Gasteiger partial charge in [0.25, 0.3) is 11.8 Å². The summed E-state index contributed by atoms with van der Waals surface area (Å²) in [6.07, 6.45) is 1.85. The highest BCUT2D eigenvalue weighted by Crippen LogP contribution is 2.60. The lowest BCUT2D eigenvalue weighted by Gasteiger charge is -2.70. The maximum Gasteiger partial charge on any atom is 0.290 e. The van der Waals surface area contributed by atoms with Gasteiger partial charge in [0, 0.05) is 33.8 Å². The van der Waals surface area contributed by atoms with Crippen molar-refractivity contribution >= 4 is 35.0 Å². The van der Waals surface area contributed by atoms with Crippen molar-refractivity contribution in [2.24, 2.45) is 0 Å². The molecule has 3 fully saturated rings. The summed E-state index contributed by atoms with van der Waals surface area (Å²) in [6, 6.07) is 12.6. The van der Waals surface area contributed by atoms with E-state index in [0.29, 0.717) is 30.0 Å². The summed E-state index contributed by atoms with van der Waals surface area (Å²) in [5.41, 5.74) is 0.615. The van der Waals surface area contributed by atoms with Crippen LogP contribution in [0.4, 0.5) is 4.39 Å². The molecule has 6 rings (SSSR count). The topological polar surface area (TPSA) is 93.5 Å². The minimum Gasteiger partial charge on any atom is -0.484 e. The van der Waals surface area contributed by atoms with E-state index in [9.17, 15) is 14.0 Å². The second-order valence-electron chi connectivity index (χ2n) is 8.54. The molecule has 3 aliphatic rings. The molecule has 2 aromatic carbocycles. The van der Waals surface area contributed by atoms with Crippen molar-refractivity contribution in [1.82, 2.24) is 15.8 Å². The summed E-state index contributed by atoms with van der Waals surface area (Å²) in [7, 11) is 0. The highest BCUT2D eigenvalue weighted by Gasteiger charge is 2.69. The van der Waals surface area contributed by atoms with E-state index in [1.54, 1.807) is 30.3 Å². The first-order chi connectivity index (χ1) is 15.7. The highest BCUT2D eigenvalue weighted by molar-refractivity contribution is 6.31. The third-order valence-electron chi connectivity index (χ3n) is 5.95. The van der Waals surface area contributed by atoms with Crippen molar-refractivity contribution < 1.29 is 23.2 Å². The number of nitrogens with one attached hydrogen (secondary N) is 2. The molecule has 0 aliphatic heterocycles. The molecule has 170 valence electrons. The van der Waals surface area contributed by atoms with Crippen LogP contribution >= 0.6 is 23.2 Å². The monoisotopic (exact) mass is 489 g/mol. The maximum absolute atomic E-state index is 13.5. The number of halogens is 3. The molecule has 0 unspecified atom stereocenters. The number of aromatic nitrogens is 1. The zero-order chi connectivity index (χ0) is 23.2. The van der Waals surface area contributed by atoms with Crippen LogP contribution in [-0.4, -0.2) is 34.7 Å². The molecular formula is C23H18Cl2FN3O4. The van der Waals surface area contributed by atoms with E-state index in [1.165, 1.54) is 12.1 Å². The zero-order valence-electron chi connectivity index (χ0n) is 17.2. The van der Waals surface area contributed by atoms with E-state index in [4.69, 9.17) is 32.5 Å². The fourth-order valence-corrected chi connectivity index (χ4v) is 4.79. The molecule has 0 atom stereocenters. The van der Waals surface area contributed by atoms with Crippen LogP contribution in [0.25, 0.3) is 11.3 Å². The first-order valence-electron chi connectivity index (χ1n) is 10.2. The number of amides is 2.